The maximum Gasteiger partial charge on any atom is 0.225 e. The first-order chi connectivity index (χ1) is 13.2. The highest BCUT2D eigenvalue weighted by molar-refractivity contribution is 5.88. The average molecular weight is 402 g/mol. The van der Waals surface area contributed by atoms with Gasteiger partial charge in [0.15, 0.2) is 0 Å². The molecule has 1 heterocycles. The topological polar surface area (TPSA) is 70.2 Å². The summed E-state index contributed by atoms with van der Waals surface area (Å²) in [6, 6.07) is 20.1. The molecule has 3 rings (SSSR count). The first-order valence-electron chi connectivity index (χ1n) is 9.58. The fourth-order valence-corrected chi connectivity index (χ4v) is 3.44. The van der Waals surface area contributed by atoms with Gasteiger partial charge in [0.2, 0.25) is 11.8 Å². The van der Waals surface area contributed by atoms with E-state index in [4.69, 9.17) is 0 Å². The Bertz CT molecular complexity index is 676. The first kappa shape index (κ1) is 21.9. The third-order valence-corrected chi connectivity index (χ3v) is 5.00. The number of rotatable bonds is 8. The molecule has 2 aromatic carbocycles. The van der Waals surface area contributed by atoms with Gasteiger partial charge >= 0.3 is 0 Å². The lowest BCUT2D eigenvalue weighted by atomic mass is 9.94. The quantitative estimate of drug-likeness (QED) is 0.633. The van der Waals surface area contributed by atoms with Crippen molar-refractivity contribution in [2.75, 3.05) is 26.2 Å². The van der Waals surface area contributed by atoms with Gasteiger partial charge in [-0.2, -0.15) is 0 Å². The Hall–Kier alpha value is -2.37. The summed E-state index contributed by atoms with van der Waals surface area (Å²) in [5.41, 5.74) is 2.38. The van der Waals surface area contributed by atoms with E-state index in [9.17, 15) is 9.59 Å². The standard InChI is InChI=1S/C22H27N3O2.ClH/c26-21(24-13-11-17-7-3-1-4-8-17)19-15-23-16-20(19)22(27)25-14-12-18-9-5-2-6-10-18;/h1-10,19-20,23H,11-16H2,(H,24,26)(H,25,27);1H/t19-,20-;/m0./s1. The maximum atomic E-state index is 12.5. The molecule has 0 aliphatic carbocycles. The molecule has 0 radical (unpaired) electrons. The lowest BCUT2D eigenvalue weighted by molar-refractivity contribution is -0.132. The van der Waals surface area contributed by atoms with Gasteiger partial charge in [-0.25, -0.2) is 0 Å². The Morgan fingerprint density at radius 1 is 0.750 bits per heavy atom. The van der Waals surface area contributed by atoms with Crippen LogP contribution in [0.2, 0.25) is 0 Å². The van der Waals surface area contributed by atoms with Crippen molar-refractivity contribution in [2.45, 2.75) is 12.8 Å². The van der Waals surface area contributed by atoms with Gasteiger partial charge in [0.1, 0.15) is 0 Å². The molecule has 1 saturated heterocycles. The minimum atomic E-state index is -0.308. The summed E-state index contributed by atoms with van der Waals surface area (Å²) < 4.78 is 0. The van der Waals surface area contributed by atoms with E-state index in [0.717, 1.165) is 12.8 Å². The zero-order valence-electron chi connectivity index (χ0n) is 15.9. The van der Waals surface area contributed by atoms with Crippen LogP contribution in [0.1, 0.15) is 11.1 Å². The number of carbonyl (C=O) groups is 2. The van der Waals surface area contributed by atoms with Gasteiger partial charge in [0.25, 0.3) is 0 Å². The molecule has 5 nitrogen and oxygen atoms in total. The highest BCUT2D eigenvalue weighted by atomic mass is 35.5. The monoisotopic (exact) mass is 401 g/mol. The van der Waals surface area contributed by atoms with Crippen LogP contribution in [-0.4, -0.2) is 38.0 Å². The van der Waals surface area contributed by atoms with E-state index in [0.29, 0.717) is 26.2 Å². The molecular formula is C22H28ClN3O2. The predicted octanol–water partition coefficient (Wildman–Crippen LogP) is 1.96. The van der Waals surface area contributed by atoms with Gasteiger partial charge in [0, 0.05) is 26.2 Å². The summed E-state index contributed by atoms with van der Waals surface area (Å²) in [6.45, 7) is 2.27. The van der Waals surface area contributed by atoms with Crippen molar-refractivity contribution < 1.29 is 9.59 Å². The summed E-state index contributed by atoms with van der Waals surface area (Å²) in [5, 5.41) is 9.14. The van der Waals surface area contributed by atoms with Crippen LogP contribution in [0.15, 0.2) is 60.7 Å². The highest BCUT2D eigenvalue weighted by Gasteiger charge is 2.37. The molecule has 6 heteroatoms. The predicted molar refractivity (Wildman–Crippen MR) is 113 cm³/mol. The Kier molecular flexibility index (Phi) is 8.98. The summed E-state index contributed by atoms with van der Waals surface area (Å²) >= 11 is 0. The van der Waals surface area contributed by atoms with Crippen LogP contribution in [0.4, 0.5) is 0 Å². The molecule has 150 valence electrons. The molecule has 2 aromatic rings. The van der Waals surface area contributed by atoms with Crippen molar-refractivity contribution in [3.05, 3.63) is 71.8 Å². The van der Waals surface area contributed by atoms with Crippen LogP contribution >= 0.6 is 12.4 Å². The number of nitrogens with one attached hydrogen (secondary N) is 3. The fraction of sp³-hybridized carbons (Fsp3) is 0.364. The Labute approximate surface area is 172 Å². The minimum absolute atomic E-state index is 0. The number of amides is 2. The van der Waals surface area contributed by atoms with E-state index in [1.807, 2.05) is 60.7 Å². The van der Waals surface area contributed by atoms with Crippen molar-refractivity contribution in [2.24, 2.45) is 11.8 Å². The molecule has 0 saturated carbocycles. The Morgan fingerprint density at radius 2 is 1.14 bits per heavy atom. The fourth-order valence-electron chi connectivity index (χ4n) is 3.44. The second-order valence-corrected chi connectivity index (χ2v) is 6.92. The number of hydrogen-bond donors (Lipinski definition) is 3. The number of hydrogen-bond acceptors (Lipinski definition) is 3. The molecule has 28 heavy (non-hydrogen) atoms. The largest absolute Gasteiger partial charge is 0.355 e. The number of halogens is 1. The van der Waals surface area contributed by atoms with Crippen LogP contribution in [-0.2, 0) is 22.4 Å². The second-order valence-electron chi connectivity index (χ2n) is 6.92. The van der Waals surface area contributed by atoms with Gasteiger partial charge in [-0.1, -0.05) is 60.7 Å². The average Bonchev–Trinajstić information content (AvgIpc) is 3.20. The zero-order valence-corrected chi connectivity index (χ0v) is 16.7. The normalized spacial score (nSPS) is 18.1. The Balaban J connectivity index is 0.00000280. The van der Waals surface area contributed by atoms with Gasteiger partial charge in [0.05, 0.1) is 11.8 Å². The SMILES string of the molecule is Cl.O=C(NCCc1ccccc1)[C@H]1CNC[C@@H]1C(=O)NCCc1ccccc1. The lowest BCUT2D eigenvalue weighted by Gasteiger charge is -2.18. The molecule has 3 N–H and O–H groups in total. The molecule has 0 aromatic heterocycles. The van der Waals surface area contributed by atoms with Crippen LogP contribution < -0.4 is 16.0 Å². The minimum Gasteiger partial charge on any atom is -0.355 e. The van der Waals surface area contributed by atoms with E-state index < -0.39 is 0 Å². The third kappa shape index (κ3) is 6.36. The van der Waals surface area contributed by atoms with Crippen molar-refractivity contribution in [3.63, 3.8) is 0 Å². The van der Waals surface area contributed by atoms with Crippen LogP contribution in [0, 0.1) is 11.8 Å². The molecular weight excluding hydrogens is 374 g/mol. The molecule has 2 amide bonds. The molecule has 0 unspecified atom stereocenters. The van der Waals surface area contributed by atoms with E-state index >= 15 is 0 Å². The zero-order chi connectivity index (χ0) is 18.9. The van der Waals surface area contributed by atoms with E-state index in [1.54, 1.807) is 0 Å². The van der Waals surface area contributed by atoms with Crippen molar-refractivity contribution in [3.8, 4) is 0 Å². The van der Waals surface area contributed by atoms with E-state index in [1.165, 1.54) is 11.1 Å². The Morgan fingerprint density at radius 3 is 1.54 bits per heavy atom. The summed E-state index contributed by atoms with van der Waals surface area (Å²) in [4.78, 5) is 25.0. The molecule has 2 atom stereocenters. The van der Waals surface area contributed by atoms with Crippen LogP contribution in [0.25, 0.3) is 0 Å². The summed E-state index contributed by atoms with van der Waals surface area (Å²) in [7, 11) is 0. The van der Waals surface area contributed by atoms with E-state index in [-0.39, 0.29) is 36.1 Å². The molecule has 1 fully saturated rings. The maximum absolute atomic E-state index is 12.5. The molecule has 1 aliphatic rings. The molecule has 1 aliphatic heterocycles. The molecule has 0 spiro atoms. The van der Waals surface area contributed by atoms with Crippen LogP contribution in [0.5, 0.6) is 0 Å². The number of carbonyl (C=O) groups excluding carboxylic acids is 2. The van der Waals surface area contributed by atoms with Crippen molar-refractivity contribution in [1.29, 1.82) is 0 Å². The number of benzene rings is 2. The van der Waals surface area contributed by atoms with Crippen molar-refractivity contribution in [1.82, 2.24) is 16.0 Å². The van der Waals surface area contributed by atoms with Gasteiger partial charge in [-0.05, 0) is 24.0 Å². The van der Waals surface area contributed by atoms with Gasteiger partial charge < -0.3 is 16.0 Å². The summed E-state index contributed by atoms with van der Waals surface area (Å²) in [6.07, 6.45) is 1.58. The van der Waals surface area contributed by atoms with E-state index in [2.05, 4.69) is 16.0 Å². The van der Waals surface area contributed by atoms with Gasteiger partial charge in [-0.3, -0.25) is 9.59 Å². The first-order valence-corrected chi connectivity index (χ1v) is 9.58. The van der Waals surface area contributed by atoms with Gasteiger partial charge in [-0.15, -0.1) is 12.4 Å². The van der Waals surface area contributed by atoms with Crippen molar-refractivity contribution >= 4 is 24.2 Å². The summed E-state index contributed by atoms with van der Waals surface area (Å²) in [5.74, 6) is -0.701. The molecule has 0 bridgehead atoms. The lowest BCUT2D eigenvalue weighted by Crippen LogP contribution is -2.42. The van der Waals surface area contributed by atoms with Crippen LogP contribution in [0.3, 0.4) is 0 Å². The highest BCUT2D eigenvalue weighted by Crippen LogP contribution is 2.17. The second kappa shape index (κ2) is 11.5. The smallest absolute Gasteiger partial charge is 0.225 e. The third-order valence-electron chi connectivity index (χ3n) is 5.00.